The second kappa shape index (κ2) is 7.21. The number of benzene rings is 1. The fourth-order valence-electron chi connectivity index (χ4n) is 3.50. The minimum Gasteiger partial charge on any atom is -0.373 e. The number of hydrogen-bond acceptors (Lipinski definition) is 4. The van der Waals surface area contributed by atoms with Gasteiger partial charge in [-0.3, -0.25) is 4.68 Å². The maximum atomic E-state index is 5.94. The molecule has 0 radical (unpaired) electrons. The lowest BCUT2D eigenvalue weighted by atomic mass is 9.97. The standard InChI is InChI=1S/C19H23N5O/c1-23-13-17(12-22-23)19-16(6-9-25-19)11-21-10-15-4-2-3-5-18(15)24-8-7-20-14-24/h2-5,7-8,12-14,16,19,21H,6,9-11H2,1H3/t16-,19+/m1/s1. The smallest absolute Gasteiger partial charge is 0.0991 e. The number of imidazole rings is 1. The Balaban J connectivity index is 1.40. The van der Waals surface area contributed by atoms with Crippen molar-refractivity contribution < 1.29 is 4.74 Å². The Labute approximate surface area is 147 Å². The SMILES string of the molecule is Cn1cc([C@H]2OCC[C@@H]2CNCc2ccccc2-n2ccnc2)cn1. The summed E-state index contributed by atoms with van der Waals surface area (Å²) in [5, 5.41) is 7.88. The fourth-order valence-corrected chi connectivity index (χ4v) is 3.50. The van der Waals surface area contributed by atoms with Crippen LogP contribution in [0.2, 0.25) is 0 Å². The Morgan fingerprint density at radius 3 is 3.04 bits per heavy atom. The molecule has 0 aliphatic carbocycles. The average Bonchev–Trinajstić information content (AvgIpc) is 3.36. The molecule has 1 aromatic carbocycles. The van der Waals surface area contributed by atoms with Gasteiger partial charge < -0.3 is 14.6 Å². The lowest BCUT2D eigenvalue weighted by Crippen LogP contribution is -2.25. The van der Waals surface area contributed by atoms with E-state index in [2.05, 4.69) is 45.9 Å². The van der Waals surface area contributed by atoms with Crippen LogP contribution < -0.4 is 5.32 Å². The van der Waals surface area contributed by atoms with Crippen molar-refractivity contribution in [2.45, 2.75) is 19.1 Å². The molecule has 0 spiro atoms. The molecule has 130 valence electrons. The summed E-state index contributed by atoms with van der Waals surface area (Å²) in [4.78, 5) is 4.15. The molecule has 0 saturated carbocycles. The summed E-state index contributed by atoms with van der Waals surface area (Å²) in [6.07, 6.45) is 10.8. The number of hydrogen-bond donors (Lipinski definition) is 1. The van der Waals surface area contributed by atoms with Gasteiger partial charge in [0.15, 0.2) is 0 Å². The molecule has 6 heteroatoms. The first-order valence-electron chi connectivity index (χ1n) is 8.68. The van der Waals surface area contributed by atoms with Crippen LogP contribution in [-0.4, -0.2) is 32.5 Å². The van der Waals surface area contributed by atoms with E-state index < -0.39 is 0 Å². The van der Waals surface area contributed by atoms with Gasteiger partial charge in [0.25, 0.3) is 0 Å². The summed E-state index contributed by atoms with van der Waals surface area (Å²) >= 11 is 0. The van der Waals surface area contributed by atoms with Gasteiger partial charge in [-0.2, -0.15) is 5.10 Å². The molecule has 0 unspecified atom stereocenters. The number of nitrogens with one attached hydrogen (secondary N) is 1. The first-order chi connectivity index (χ1) is 12.3. The summed E-state index contributed by atoms with van der Waals surface area (Å²) in [7, 11) is 1.94. The van der Waals surface area contributed by atoms with Crippen LogP contribution in [0.15, 0.2) is 55.4 Å². The Bertz CT molecular complexity index is 811. The minimum atomic E-state index is 0.144. The molecular formula is C19H23N5O. The molecule has 1 N–H and O–H groups in total. The van der Waals surface area contributed by atoms with Crippen molar-refractivity contribution in [1.29, 1.82) is 0 Å². The maximum Gasteiger partial charge on any atom is 0.0991 e. The Hall–Kier alpha value is -2.44. The molecule has 25 heavy (non-hydrogen) atoms. The van der Waals surface area contributed by atoms with E-state index in [4.69, 9.17) is 4.74 Å². The minimum absolute atomic E-state index is 0.144. The molecule has 3 aromatic rings. The van der Waals surface area contributed by atoms with Gasteiger partial charge in [0.05, 0.1) is 24.3 Å². The van der Waals surface area contributed by atoms with Gasteiger partial charge in [0.1, 0.15) is 0 Å². The van der Waals surface area contributed by atoms with E-state index >= 15 is 0 Å². The van der Waals surface area contributed by atoms with E-state index in [0.717, 1.165) is 26.1 Å². The highest BCUT2D eigenvalue weighted by Crippen LogP contribution is 2.33. The van der Waals surface area contributed by atoms with Crippen LogP contribution in [0.4, 0.5) is 0 Å². The molecule has 1 aliphatic heterocycles. The number of nitrogens with zero attached hydrogens (tertiary/aromatic N) is 4. The van der Waals surface area contributed by atoms with Crippen LogP contribution in [-0.2, 0) is 18.3 Å². The van der Waals surface area contributed by atoms with Gasteiger partial charge in [-0.05, 0) is 18.1 Å². The van der Waals surface area contributed by atoms with Crippen molar-refractivity contribution in [3.63, 3.8) is 0 Å². The summed E-state index contributed by atoms with van der Waals surface area (Å²) in [5.74, 6) is 0.476. The van der Waals surface area contributed by atoms with Crippen molar-refractivity contribution in [2.24, 2.45) is 13.0 Å². The van der Waals surface area contributed by atoms with Gasteiger partial charge in [-0.1, -0.05) is 18.2 Å². The monoisotopic (exact) mass is 337 g/mol. The maximum absolute atomic E-state index is 5.94. The Morgan fingerprint density at radius 2 is 2.24 bits per heavy atom. The van der Waals surface area contributed by atoms with E-state index in [0.29, 0.717) is 5.92 Å². The predicted octanol–water partition coefficient (Wildman–Crippen LogP) is 2.47. The molecule has 4 rings (SSSR count). The molecule has 0 amide bonds. The van der Waals surface area contributed by atoms with E-state index in [1.807, 2.05) is 35.0 Å². The largest absolute Gasteiger partial charge is 0.373 e. The molecular weight excluding hydrogens is 314 g/mol. The van der Waals surface area contributed by atoms with Crippen LogP contribution in [0.25, 0.3) is 5.69 Å². The third-order valence-electron chi connectivity index (χ3n) is 4.76. The zero-order valence-corrected chi connectivity index (χ0v) is 14.4. The quantitative estimate of drug-likeness (QED) is 0.751. The normalized spacial score (nSPS) is 20.2. The van der Waals surface area contributed by atoms with Crippen molar-refractivity contribution in [1.82, 2.24) is 24.6 Å². The van der Waals surface area contributed by atoms with Crippen LogP contribution in [0, 0.1) is 5.92 Å². The van der Waals surface area contributed by atoms with Crippen molar-refractivity contribution in [2.75, 3.05) is 13.2 Å². The topological polar surface area (TPSA) is 56.9 Å². The summed E-state index contributed by atoms with van der Waals surface area (Å²) in [6, 6.07) is 8.42. The molecule has 2 aromatic heterocycles. The predicted molar refractivity (Wildman–Crippen MR) is 95.3 cm³/mol. The second-order valence-corrected chi connectivity index (χ2v) is 6.52. The molecule has 3 heterocycles. The first kappa shape index (κ1) is 16.1. The van der Waals surface area contributed by atoms with Gasteiger partial charge in [-0.15, -0.1) is 0 Å². The number of aromatic nitrogens is 4. The van der Waals surface area contributed by atoms with Gasteiger partial charge in [0.2, 0.25) is 0 Å². The third-order valence-corrected chi connectivity index (χ3v) is 4.76. The number of rotatable bonds is 6. The van der Waals surface area contributed by atoms with E-state index in [1.165, 1.54) is 16.8 Å². The van der Waals surface area contributed by atoms with Crippen molar-refractivity contribution >= 4 is 0 Å². The van der Waals surface area contributed by atoms with Crippen molar-refractivity contribution in [3.05, 3.63) is 66.5 Å². The fraction of sp³-hybridized carbons (Fsp3) is 0.368. The second-order valence-electron chi connectivity index (χ2n) is 6.52. The lowest BCUT2D eigenvalue weighted by molar-refractivity contribution is 0.0904. The zero-order chi connectivity index (χ0) is 17.1. The highest BCUT2D eigenvalue weighted by molar-refractivity contribution is 5.40. The number of aryl methyl sites for hydroxylation is 1. The van der Waals surface area contributed by atoms with E-state index in [1.54, 1.807) is 6.20 Å². The van der Waals surface area contributed by atoms with Crippen LogP contribution in [0.1, 0.15) is 23.7 Å². The average molecular weight is 337 g/mol. The lowest BCUT2D eigenvalue weighted by Gasteiger charge is -2.18. The molecule has 1 fully saturated rings. The van der Waals surface area contributed by atoms with Crippen LogP contribution in [0.5, 0.6) is 0 Å². The van der Waals surface area contributed by atoms with Gasteiger partial charge >= 0.3 is 0 Å². The first-order valence-corrected chi connectivity index (χ1v) is 8.68. The highest BCUT2D eigenvalue weighted by atomic mass is 16.5. The van der Waals surface area contributed by atoms with Gasteiger partial charge in [-0.25, -0.2) is 4.98 Å². The summed E-state index contributed by atoms with van der Waals surface area (Å²) in [6.45, 7) is 2.57. The highest BCUT2D eigenvalue weighted by Gasteiger charge is 2.30. The zero-order valence-electron chi connectivity index (χ0n) is 14.4. The van der Waals surface area contributed by atoms with E-state index in [9.17, 15) is 0 Å². The molecule has 6 nitrogen and oxygen atoms in total. The third kappa shape index (κ3) is 3.50. The van der Waals surface area contributed by atoms with Crippen LogP contribution in [0.3, 0.4) is 0 Å². The van der Waals surface area contributed by atoms with E-state index in [-0.39, 0.29) is 6.10 Å². The van der Waals surface area contributed by atoms with Crippen molar-refractivity contribution in [3.8, 4) is 5.69 Å². The Morgan fingerprint density at radius 1 is 1.32 bits per heavy atom. The number of ether oxygens (including phenoxy) is 1. The number of para-hydroxylation sites is 1. The Kier molecular flexibility index (Phi) is 4.63. The molecule has 1 aliphatic rings. The molecule has 2 atom stereocenters. The summed E-state index contributed by atoms with van der Waals surface area (Å²) < 4.78 is 9.83. The summed E-state index contributed by atoms with van der Waals surface area (Å²) in [5.41, 5.74) is 3.60. The molecule has 0 bridgehead atoms. The van der Waals surface area contributed by atoms with Crippen LogP contribution >= 0.6 is 0 Å². The van der Waals surface area contributed by atoms with Gasteiger partial charge in [0, 0.05) is 56.8 Å². The molecule has 1 saturated heterocycles.